The first kappa shape index (κ1) is 16.3. The van der Waals surface area contributed by atoms with Crippen LogP contribution in [0.4, 0.5) is 5.82 Å². The van der Waals surface area contributed by atoms with Gasteiger partial charge in [0.2, 0.25) is 0 Å². The molecule has 1 aliphatic rings. The molecule has 4 heterocycles. The Bertz CT molecular complexity index is 1160. The fourth-order valence-corrected chi connectivity index (χ4v) is 4.30. The zero-order valence-corrected chi connectivity index (χ0v) is 15.4. The number of benzene rings is 1. The van der Waals surface area contributed by atoms with E-state index < -0.39 is 0 Å². The van der Waals surface area contributed by atoms with Crippen molar-refractivity contribution in [1.29, 1.82) is 0 Å². The number of piperazine rings is 1. The Balaban J connectivity index is 1.31. The van der Waals surface area contributed by atoms with Gasteiger partial charge in [0.15, 0.2) is 0 Å². The van der Waals surface area contributed by atoms with Crippen molar-refractivity contribution in [3.05, 3.63) is 58.2 Å². The number of nitrogens with zero attached hydrogens (tertiary/aromatic N) is 5. The monoisotopic (exact) mass is 378 g/mol. The average molecular weight is 378 g/mol. The Kier molecular flexibility index (Phi) is 4.06. The molecule has 0 aliphatic carbocycles. The Morgan fingerprint density at radius 3 is 2.78 bits per heavy atom. The molecule has 1 fully saturated rings. The van der Waals surface area contributed by atoms with E-state index in [1.54, 1.807) is 23.7 Å². The first-order valence-corrected chi connectivity index (χ1v) is 9.79. The summed E-state index contributed by atoms with van der Waals surface area (Å²) in [6, 6.07) is 9.54. The number of H-pyrrole nitrogens is 1. The summed E-state index contributed by atoms with van der Waals surface area (Å²) < 4.78 is 0. The molecule has 136 valence electrons. The van der Waals surface area contributed by atoms with Crippen LogP contribution in [0.3, 0.4) is 0 Å². The van der Waals surface area contributed by atoms with E-state index in [0.717, 1.165) is 53.6 Å². The van der Waals surface area contributed by atoms with Gasteiger partial charge >= 0.3 is 0 Å². The summed E-state index contributed by atoms with van der Waals surface area (Å²) in [7, 11) is 0. The molecular formula is C19H18N6OS. The predicted molar refractivity (Wildman–Crippen MR) is 107 cm³/mol. The molecule has 1 N–H and O–H groups in total. The Morgan fingerprint density at radius 2 is 1.89 bits per heavy atom. The van der Waals surface area contributed by atoms with Crippen molar-refractivity contribution in [2.24, 2.45) is 0 Å². The van der Waals surface area contributed by atoms with Gasteiger partial charge in [0.25, 0.3) is 5.56 Å². The summed E-state index contributed by atoms with van der Waals surface area (Å²) in [4.78, 5) is 34.3. The van der Waals surface area contributed by atoms with Crippen LogP contribution in [0.5, 0.6) is 0 Å². The van der Waals surface area contributed by atoms with Crippen LogP contribution in [0.1, 0.15) is 5.82 Å². The lowest BCUT2D eigenvalue weighted by atomic mass is 10.2. The number of thiophene rings is 1. The van der Waals surface area contributed by atoms with Crippen molar-refractivity contribution in [2.45, 2.75) is 6.54 Å². The minimum Gasteiger partial charge on any atom is -0.353 e. The van der Waals surface area contributed by atoms with E-state index in [1.165, 1.54) is 0 Å². The molecule has 8 heteroatoms. The Labute approximate surface area is 159 Å². The van der Waals surface area contributed by atoms with Gasteiger partial charge < -0.3 is 9.88 Å². The lowest BCUT2D eigenvalue weighted by Crippen LogP contribution is -2.46. The summed E-state index contributed by atoms with van der Waals surface area (Å²) in [5.74, 6) is 1.73. The predicted octanol–water partition coefficient (Wildman–Crippen LogP) is 2.25. The highest BCUT2D eigenvalue weighted by atomic mass is 32.1. The fourth-order valence-electron chi connectivity index (χ4n) is 3.57. The van der Waals surface area contributed by atoms with E-state index in [0.29, 0.717) is 11.9 Å². The maximum Gasteiger partial charge on any atom is 0.258 e. The third-order valence-corrected chi connectivity index (χ3v) is 5.77. The molecule has 0 saturated carbocycles. The molecule has 0 spiro atoms. The molecule has 0 amide bonds. The van der Waals surface area contributed by atoms with E-state index >= 15 is 0 Å². The number of nitrogens with one attached hydrogen (secondary N) is 1. The SMILES string of the molecule is O=c1[nH]c(CN2CCN(c3ncnc4sccc34)CC2)nc2ccccc12. The van der Waals surface area contributed by atoms with E-state index in [-0.39, 0.29) is 5.56 Å². The molecule has 1 aromatic carbocycles. The zero-order valence-electron chi connectivity index (χ0n) is 14.6. The molecule has 4 aromatic rings. The number of aromatic nitrogens is 4. The molecule has 0 unspecified atom stereocenters. The van der Waals surface area contributed by atoms with Gasteiger partial charge in [-0.05, 0) is 23.6 Å². The van der Waals surface area contributed by atoms with Crippen molar-refractivity contribution >= 4 is 38.3 Å². The van der Waals surface area contributed by atoms with Gasteiger partial charge in [-0.1, -0.05) is 12.1 Å². The Hall–Kier alpha value is -2.84. The average Bonchev–Trinajstić information content (AvgIpc) is 3.18. The summed E-state index contributed by atoms with van der Waals surface area (Å²) in [5.41, 5.74) is 0.672. The minimum atomic E-state index is -0.0740. The highest BCUT2D eigenvalue weighted by Crippen LogP contribution is 2.27. The van der Waals surface area contributed by atoms with Crippen molar-refractivity contribution in [1.82, 2.24) is 24.8 Å². The maximum absolute atomic E-state index is 12.2. The van der Waals surface area contributed by atoms with Crippen molar-refractivity contribution in [3.8, 4) is 0 Å². The molecule has 27 heavy (non-hydrogen) atoms. The van der Waals surface area contributed by atoms with Crippen LogP contribution in [0.25, 0.3) is 21.1 Å². The van der Waals surface area contributed by atoms with Gasteiger partial charge in [-0.25, -0.2) is 15.0 Å². The molecule has 3 aromatic heterocycles. The molecule has 7 nitrogen and oxygen atoms in total. The van der Waals surface area contributed by atoms with E-state index in [2.05, 4.69) is 41.2 Å². The second kappa shape index (κ2) is 6.71. The smallest absolute Gasteiger partial charge is 0.258 e. The molecule has 5 rings (SSSR count). The summed E-state index contributed by atoms with van der Waals surface area (Å²) in [6.45, 7) is 4.21. The van der Waals surface area contributed by atoms with Crippen LogP contribution in [-0.2, 0) is 6.54 Å². The van der Waals surface area contributed by atoms with Crippen molar-refractivity contribution < 1.29 is 0 Å². The number of rotatable bonds is 3. The third kappa shape index (κ3) is 3.07. The number of aromatic amines is 1. The first-order chi connectivity index (χ1) is 13.3. The molecular weight excluding hydrogens is 360 g/mol. The molecule has 0 radical (unpaired) electrons. The molecule has 1 aliphatic heterocycles. The van der Waals surface area contributed by atoms with Crippen molar-refractivity contribution in [3.63, 3.8) is 0 Å². The number of hydrogen-bond acceptors (Lipinski definition) is 7. The van der Waals surface area contributed by atoms with E-state index in [1.807, 2.05) is 18.2 Å². The second-order valence-electron chi connectivity index (χ2n) is 6.63. The highest BCUT2D eigenvalue weighted by molar-refractivity contribution is 7.16. The van der Waals surface area contributed by atoms with Crippen LogP contribution in [0, 0.1) is 0 Å². The van der Waals surface area contributed by atoms with E-state index in [4.69, 9.17) is 0 Å². The normalized spacial score (nSPS) is 15.6. The number of fused-ring (bicyclic) bond motifs is 2. The van der Waals surface area contributed by atoms with Crippen LogP contribution in [-0.4, -0.2) is 51.0 Å². The van der Waals surface area contributed by atoms with Gasteiger partial charge in [0.05, 0.1) is 22.8 Å². The second-order valence-corrected chi connectivity index (χ2v) is 7.52. The topological polar surface area (TPSA) is 78.0 Å². The molecule has 0 bridgehead atoms. The standard InChI is InChI=1S/C19H18N6OS/c26-18-13-3-1-2-4-15(13)22-16(23-18)11-24-6-8-25(9-7-24)17-14-5-10-27-19(14)21-12-20-17/h1-5,10,12H,6-9,11H2,(H,22,23,26). The zero-order chi connectivity index (χ0) is 18.2. The van der Waals surface area contributed by atoms with Crippen LogP contribution >= 0.6 is 11.3 Å². The molecule has 1 saturated heterocycles. The Morgan fingerprint density at radius 1 is 1.04 bits per heavy atom. The lowest BCUT2D eigenvalue weighted by molar-refractivity contribution is 0.244. The van der Waals surface area contributed by atoms with Gasteiger partial charge in [-0.15, -0.1) is 11.3 Å². The first-order valence-electron chi connectivity index (χ1n) is 8.91. The lowest BCUT2D eigenvalue weighted by Gasteiger charge is -2.35. The summed E-state index contributed by atoms with van der Waals surface area (Å²) in [5, 5.41) is 3.81. The quantitative estimate of drug-likeness (QED) is 0.589. The van der Waals surface area contributed by atoms with Crippen LogP contribution in [0.2, 0.25) is 0 Å². The largest absolute Gasteiger partial charge is 0.353 e. The maximum atomic E-state index is 12.2. The van der Waals surface area contributed by atoms with Gasteiger partial charge in [-0.2, -0.15) is 0 Å². The van der Waals surface area contributed by atoms with E-state index in [9.17, 15) is 4.79 Å². The number of para-hydroxylation sites is 1. The highest BCUT2D eigenvalue weighted by Gasteiger charge is 2.21. The summed E-state index contributed by atoms with van der Waals surface area (Å²) >= 11 is 1.64. The minimum absolute atomic E-state index is 0.0740. The van der Waals surface area contributed by atoms with Gasteiger partial charge in [-0.3, -0.25) is 9.69 Å². The van der Waals surface area contributed by atoms with Crippen molar-refractivity contribution in [2.75, 3.05) is 31.1 Å². The van der Waals surface area contributed by atoms with Crippen LogP contribution < -0.4 is 10.5 Å². The number of anilines is 1. The fraction of sp³-hybridized carbons (Fsp3) is 0.263. The third-order valence-electron chi connectivity index (χ3n) is 4.95. The van der Waals surface area contributed by atoms with Crippen LogP contribution in [0.15, 0.2) is 46.8 Å². The van der Waals surface area contributed by atoms with Gasteiger partial charge in [0.1, 0.15) is 22.8 Å². The summed E-state index contributed by atoms with van der Waals surface area (Å²) in [6.07, 6.45) is 1.64. The van der Waals surface area contributed by atoms with Gasteiger partial charge in [0, 0.05) is 26.2 Å². The molecule has 0 atom stereocenters. The number of hydrogen-bond donors (Lipinski definition) is 1.